The highest BCUT2D eigenvalue weighted by Gasteiger charge is 2.20. The monoisotopic (exact) mass is 370 g/mol. The summed E-state index contributed by atoms with van der Waals surface area (Å²) in [5, 5.41) is 22.1. The minimum Gasteiger partial charge on any atom is -0.292 e. The van der Waals surface area contributed by atoms with Crippen molar-refractivity contribution in [2.75, 3.05) is 5.43 Å². The number of benzene rings is 2. The molecule has 0 aromatic heterocycles. The second-order valence-corrected chi connectivity index (χ2v) is 5.24. The first kappa shape index (κ1) is 17.4. The first-order valence-electron chi connectivity index (χ1n) is 6.24. The van der Waals surface area contributed by atoms with E-state index in [0.717, 1.165) is 18.2 Å². The van der Waals surface area contributed by atoms with Crippen molar-refractivity contribution in [2.24, 2.45) is 0 Å². The summed E-state index contributed by atoms with van der Waals surface area (Å²) in [6.07, 6.45) is 0. The maximum atomic E-state index is 12.0. The van der Waals surface area contributed by atoms with Gasteiger partial charge in [-0.05, 0) is 24.3 Å². The summed E-state index contributed by atoms with van der Waals surface area (Å²) in [7, 11) is 0. The highest BCUT2D eigenvalue weighted by atomic mass is 35.5. The smallest absolute Gasteiger partial charge is 0.292 e. The SMILES string of the molecule is O=C(NNc1ccc([N+](=O)[O-])cc1[N+](=O)[O-])c1ccc(Cl)c(Cl)c1. The van der Waals surface area contributed by atoms with E-state index in [0.29, 0.717) is 0 Å². The predicted octanol–water partition coefficient (Wildman–Crippen LogP) is 3.57. The van der Waals surface area contributed by atoms with Crippen LogP contribution in [0.25, 0.3) is 0 Å². The van der Waals surface area contributed by atoms with Crippen LogP contribution in [0.15, 0.2) is 36.4 Å². The summed E-state index contributed by atoms with van der Waals surface area (Å²) in [6.45, 7) is 0. The number of nitrogens with one attached hydrogen (secondary N) is 2. The number of hydrogen-bond donors (Lipinski definition) is 2. The van der Waals surface area contributed by atoms with E-state index in [4.69, 9.17) is 23.2 Å². The normalized spacial score (nSPS) is 10.1. The molecule has 9 nitrogen and oxygen atoms in total. The molecule has 2 aromatic rings. The molecular formula is C13H8Cl2N4O5. The molecule has 0 atom stereocenters. The molecule has 0 radical (unpaired) electrons. The van der Waals surface area contributed by atoms with Crippen molar-refractivity contribution in [1.29, 1.82) is 0 Å². The number of anilines is 1. The van der Waals surface area contributed by atoms with E-state index >= 15 is 0 Å². The third kappa shape index (κ3) is 3.89. The Bertz CT molecular complexity index is 843. The largest absolute Gasteiger partial charge is 0.300 e. The van der Waals surface area contributed by atoms with Gasteiger partial charge in [0.2, 0.25) is 0 Å². The summed E-state index contributed by atoms with van der Waals surface area (Å²) in [5.74, 6) is -0.624. The van der Waals surface area contributed by atoms with Crippen molar-refractivity contribution < 1.29 is 14.6 Å². The van der Waals surface area contributed by atoms with Crippen molar-refractivity contribution in [3.05, 3.63) is 72.2 Å². The number of hydrogen-bond acceptors (Lipinski definition) is 6. The lowest BCUT2D eigenvalue weighted by molar-refractivity contribution is -0.393. The molecule has 0 unspecified atom stereocenters. The average Bonchev–Trinajstić information content (AvgIpc) is 2.54. The van der Waals surface area contributed by atoms with Crippen molar-refractivity contribution in [1.82, 2.24) is 5.43 Å². The molecule has 2 rings (SSSR count). The molecule has 0 spiro atoms. The highest BCUT2D eigenvalue weighted by molar-refractivity contribution is 6.42. The summed E-state index contributed by atoms with van der Waals surface area (Å²) in [4.78, 5) is 32.1. The fourth-order valence-corrected chi connectivity index (χ4v) is 2.02. The second kappa shape index (κ2) is 7.11. The first-order chi connectivity index (χ1) is 11.3. The van der Waals surface area contributed by atoms with E-state index in [1.165, 1.54) is 18.2 Å². The molecule has 1 amide bonds. The number of carbonyl (C=O) groups is 1. The van der Waals surface area contributed by atoms with Gasteiger partial charge in [-0.15, -0.1) is 0 Å². The van der Waals surface area contributed by atoms with Gasteiger partial charge in [0.15, 0.2) is 0 Å². The Morgan fingerprint density at radius 2 is 1.67 bits per heavy atom. The molecule has 0 saturated heterocycles. The van der Waals surface area contributed by atoms with Crippen LogP contribution < -0.4 is 10.9 Å². The number of rotatable bonds is 5. The van der Waals surface area contributed by atoms with E-state index < -0.39 is 27.1 Å². The maximum Gasteiger partial charge on any atom is 0.300 e. The fraction of sp³-hybridized carbons (Fsp3) is 0. The lowest BCUT2D eigenvalue weighted by Crippen LogP contribution is -2.29. The molecule has 2 aromatic carbocycles. The van der Waals surface area contributed by atoms with E-state index in [1.54, 1.807) is 0 Å². The van der Waals surface area contributed by atoms with Crippen LogP contribution in [0.3, 0.4) is 0 Å². The van der Waals surface area contributed by atoms with Crippen LogP contribution in [0.2, 0.25) is 10.0 Å². The molecule has 11 heteroatoms. The lowest BCUT2D eigenvalue weighted by Gasteiger charge is -2.09. The second-order valence-electron chi connectivity index (χ2n) is 4.42. The highest BCUT2D eigenvalue weighted by Crippen LogP contribution is 2.28. The molecule has 0 heterocycles. The van der Waals surface area contributed by atoms with E-state index in [2.05, 4.69) is 10.9 Å². The zero-order chi connectivity index (χ0) is 17.9. The molecule has 0 aliphatic carbocycles. The topological polar surface area (TPSA) is 127 Å². The van der Waals surface area contributed by atoms with Gasteiger partial charge < -0.3 is 0 Å². The standard InChI is InChI=1S/C13H8Cl2N4O5/c14-9-3-1-7(5-10(9)15)13(20)17-16-11-4-2-8(18(21)22)6-12(11)19(23)24/h1-6,16H,(H,17,20). The number of nitrogens with zero attached hydrogens (tertiary/aromatic N) is 2. The van der Waals surface area contributed by atoms with Crippen LogP contribution in [0.1, 0.15) is 10.4 Å². The maximum absolute atomic E-state index is 12.0. The summed E-state index contributed by atoms with van der Waals surface area (Å²) >= 11 is 11.5. The first-order valence-corrected chi connectivity index (χ1v) is 6.99. The Morgan fingerprint density at radius 1 is 0.958 bits per heavy atom. The Morgan fingerprint density at radius 3 is 2.25 bits per heavy atom. The molecule has 24 heavy (non-hydrogen) atoms. The molecule has 124 valence electrons. The predicted molar refractivity (Wildman–Crippen MR) is 87.3 cm³/mol. The van der Waals surface area contributed by atoms with E-state index in [-0.39, 0.29) is 21.3 Å². The van der Waals surface area contributed by atoms with Crippen LogP contribution in [0.4, 0.5) is 17.1 Å². The molecule has 0 saturated carbocycles. The van der Waals surface area contributed by atoms with Crippen LogP contribution in [0, 0.1) is 20.2 Å². The Kier molecular flexibility index (Phi) is 5.17. The molecule has 0 aliphatic heterocycles. The van der Waals surface area contributed by atoms with Gasteiger partial charge in [-0.3, -0.25) is 35.9 Å². The van der Waals surface area contributed by atoms with Gasteiger partial charge in [-0.25, -0.2) is 0 Å². The lowest BCUT2D eigenvalue weighted by atomic mass is 10.2. The minimum atomic E-state index is -0.805. The number of nitro benzene ring substituents is 2. The number of non-ortho nitro benzene ring substituents is 1. The van der Waals surface area contributed by atoms with Crippen LogP contribution >= 0.6 is 23.2 Å². The molecular weight excluding hydrogens is 363 g/mol. The number of nitro groups is 2. The number of carbonyl (C=O) groups excluding carboxylic acids is 1. The van der Waals surface area contributed by atoms with Crippen molar-refractivity contribution in [2.45, 2.75) is 0 Å². The zero-order valence-electron chi connectivity index (χ0n) is 11.7. The molecule has 0 fully saturated rings. The van der Waals surface area contributed by atoms with E-state index in [9.17, 15) is 25.0 Å². The van der Waals surface area contributed by atoms with Gasteiger partial charge >= 0.3 is 5.69 Å². The molecule has 0 aliphatic rings. The zero-order valence-corrected chi connectivity index (χ0v) is 13.2. The molecule has 2 N–H and O–H groups in total. The third-order valence-corrected chi connectivity index (χ3v) is 3.62. The van der Waals surface area contributed by atoms with Crippen LogP contribution in [0.5, 0.6) is 0 Å². The van der Waals surface area contributed by atoms with Gasteiger partial charge in [-0.2, -0.15) is 0 Å². The van der Waals surface area contributed by atoms with Gasteiger partial charge in [0.1, 0.15) is 5.69 Å². The fourth-order valence-electron chi connectivity index (χ4n) is 1.72. The summed E-state index contributed by atoms with van der Waals surface area (Å²) in [5.41, 5.74) is 3.65. The molecule has 0 bridgehead atoms. The van der Waals surface area contributed by atoms with E-state index in [1.807, 2.05) is 0 Å². The van der Waals surface area contributed by atoms with Crippen LogP contribution in [-0.2, 0) is 0 Å². The van der Waals surface area contributed by atoms with Gasteiger partial charge in [0.25, 0.3) is 11.6 Å². The average molecular weight is 371 g/mol. The summed E-state index contributed by atoms with van der Waals surface area (Å²) < 4.78 is 0. The Balaban J connectivity index is 2.19. The summed E-state index contributed by atoms with van der Waals surface area (Å²) in [6, 6.07) is 7.13. The Labute approximate surface area is 144 Å². The minimum absolute atomic E-state index is 0.112. The van der Waals surface area contributed by atoms with Gasteiger partial charge in [0.05, 0.1) is 26.0 Å². The number of halogens is 2. The van der Waals surface area contributed by atoms with Gasteiger partial charge in [0, 0.05) is 11.6 Å². The van der Waals surface area contributed by atoms with Crippen LogP contribution in [-0.4, -0.2) is 15.8 Å². The van der Waals surface area contributed by atoms with Crippen molar-refractivity contribution in [3.63, 3.8) is 0 Å². The quantitative estimate of drug-likeness (QED) is 0.611. The van der Waals surface area contributed by atoms with Crippen molar-refractivity contribution in [3.8, 4) is 0 Å². The number of amides is 1. The Hall–Kier alpha value is -2.91. The van der Waals surface area contributed by atoms with Crippen molar-refractivity contribution >= 4 is 46.2 Å². The third-order valence-electron chi connectivity index (χ3n) is 2.88. The van der Waals surface area contributed by atoms with Gasteiger partial charge in [-0.1, -0.05) is 23.2 Å². The number of hydrazine groups is 1.